The number of amides is 1. The molecule has 1 amide bonds. The molecule has 2 fully saturated rings. The smallest absolute Gasteiger partial charge is 0.234 e. The van der Waals surface area contributed by atoms with Crippen molar-refractivity contribution in [1.82, 2.24) is 10.2 Å². The maximum absolute atomic E-state index is 12.0. The van der Waals surface area contributed by atoms with Crippen molar-refractivity contribution in [2.75, 3.05) is 31.1 Å². The summed E-state index contributed by atoms with van der Waals surface area (Å²) < 4.78 is 22.9. The highest BCUT2D eigenvalue weighted by molar-refractivity contribution is 7.91. The molecule has 0 radical (unpaired) electrons. The normalized spacial score (nSPS) is 31.4. The summed E-state index contributed by atoms with van der Waals surface area (Å²) in [7, 11) is -3.09. The molecule has 2 heterocycles. The second-order valence-electron chi connectivity index (χ2n) is 5.81. The van der Waals surface area contributed by atoms with Gasteiger partial charge in [0.1, 0.15) is 0 Å². The van der Waals surface area contributed by atoms with Crippen LogP contribution in [0.5, 0.6) is 0 Å². The summed E-state index contributed by atoms with van der Waals surface area (Å²) in [6, 6.07) is -0.441. The first-order chi connectivity index (χ1) is 9.46. The standard InChI is InChI=1S/C13H23ClN2O3S/c14-11-9-20(18,19)10-12(11)15-13(17)8-16-6-4-2-1-3-5-7-16/h11-12H,1-10H2,(H,15,17)/t11-,12+/m0/s1. The van der Waals surface area contributed by atoms with Crippen molar-refractivity contribution in [1.29, 1.82) is 0 Å². The van der Waals surface area contributed by atoms with Gasteiger partial charge < -0.3 is 5.32 Å². The lowest BCUT2D eigenvalue weighted by atomic mass is 10.1. The van der Waals surface area contributed by atoms with Gasteiger partial charge in [-0.1, -0.05) is 19.3 Å². The largest absolute Gasteiger partial charge is 0.350 e. The first-order valence-corrected chi connectivity index (χ1v) is 9.58. The van der Waals surface area contributed by atoms with Crippen molar-refractivity contribution in [3.8, 4) is 0 Å². The summed E-state index contributed by atoms with van der Waals surface area (Å²) in [6.07, 6.45) is 5.99. The summed E-state index contributed by atoms with van der Waals surface area (Å²) in [5.41, 5.74) is 0. The number of hydrogen-bond donors (Lipinski definition) is 1. The number of sulfone groups is 1. The molecule has 1 N–H and O–H groups in total. The highest BCUT2D eigenvalue weighted by Crippen LogP contribution is 2.18. The average molecular weight is 323 g/mol. The van der Waals surface area contributed by atoms with Crippen LogP contribution in [0.3, 0.4) is 0 Å². The molecular weight excluding hydrogens is 300 g/mol. The number of rotatable bonds is 3. The van der Waals surface area contributed by atoms with Gasteiger partial charge in [0.05, 0.1) is 29.5 Å². The molecule has 0 aromatic heterocycles. The van der Waals surface area contributed by atoms with Crippen LogP contribution < -0.4 is 5.32 Å². The number of likely N-dealkylation sites (tertiary alicyclic amines) is 1. The van der Waals surface area contributed by atoms with Crippen LogP contribution in [0.15, 0.2) is 0 Å². The molecule has 7 heteroatoms. The Balaban J connectivity index is 1.79. The van der Waals surface area contributed by atoms with E-state index in [9.17, 15) is 13.2 Å². The fourth-order valence-corrected chi connectivity index (χ4v) is 5.41. The number of nitrogens with zero attached hydrogens (tertiary/aromatic N) is 1. The molecule has 20 heavy (non-hydrogen) atoms. The molecule has 0 unspecified atom stereocenters. The number of halogens is 1. The van der Waals surface area contributed by atoms with Crippen LogP contribution in [0.2, 0.25) is 0 Å². The lowest BCUT2D eigenvalue weighted by Crippen LogP contribution is -2.46. The Kier molecular flexibility index (Phi) is 5.69. The first kappa shape index (κ1) is 16.0. The molecule has 0 saturated carbocycles. The van der Waals surface area contributed by atoms with E-state index in [2.05, 4.69) is 10.2 Å². The van der Waals surface area contributed by atoms with E-state index in [1.165, 1.54) is 19.3 Å². The van der Waals surface area contributed by atoms with Crippen LogP contribution in [0.4, 0.5) is 0 Å². The van der Waals surface area contributed by atoms with Gasteiger partial charge in [0.25, 0.3) is 0 Å². The molecule has 5 nitrogen and oxygen atoms in total. The van der Waals surface area contributed by atoms with Crippen molar-refractivity contribution >= 4 is 27.3 Å². The summed E-state index contributed by atoms with van der Waals surface area (Å²) in [4.78, 5) is 14.2. The quantitative estimate of drug-likeness (QED) is 0.780. The Labute approximate surface area is 126 Å². The lowest BCUT2D eigenvalue weighted by molar-refractivity contribution is -0.122. The minimum Gasteiger partial charge on any atom is -0.350 e. The zero-order chi connectivity index (χ0) is 14.6. The van der Waals surface area contributed by atoms with Crippen molar-refractivity contribution < 1.29 is 13.2 Å². The molecule has 2 saturated heterocycles. The van der Waals surface area contributed by atoms with Crippen LogP contribution >= 0.6 is 11.6 Å². The first-order valence-electron chi connectivity index (χ1n) is 7.32. The van der Waals surface area contributed by atoms with E-state index in [-0.39, 0.29) is 17.4 Å². The molecule has 2 rings (SSSR count). The zero-order valence-electron chi connectivity index (χ0n) is 11.7. The van der Waals surface area contributed by atoms with Crippen molar-refractivity contribution in [2.45, 2.75) is 43.5 Å². The fraction of sp³-hybridized carbons (Fsp3) is 0.923. The number of nitrogens with one attached hydrogen (secondary N) is 1. The van der Waals surface area contributed by atoms with Gasteiger partial charge in [0, 0.05) is 0 Å². The lowest BCUT2D eigenvalue weighted by Gasteiger charge is -2.24. The highest BCUT2D eigenvalue weighted by atomic mass is 35.5. The number of hydrogen-bond acceptors (Lipinski definition) is 4. The van der Waals surface area contributed by atoms with Crippen molar-refractivity contribution in [3.63, 3.8) is 0 Å². The van der Waals surface area contributed by atoms with Crippen LogP contribution in [0.25, 0.3) is 0 Å². The molecule has 2 aliphatic rings. The summed E-state index contributed by atoms with van der Waals surface area (Å²) in [6.45, 7) is 2.24. The maximum atomic E-state index is 12.0. The van der Waals surface area contributed by atoms with E-state index in [0.717, 1.165) is 25.9 Å². The van der Waals surface area contributed by atoms with E-state index in [1.54, 1.807) is 0 Å². The predicted molar refractivity (Wildman–Crippen MR) is 79.8 cm³/mol. The van der Waals surface area contributed by atoms with E-state index in [0.29, 0.717) is 6.54 Å². The Hall–Kier alpha value is -0.330. The number of carbonyl (C=O) groups excluding carboxylic acids is 1. The number of alkyl halides is 1. The van der Waals surface area contributed by atoms with Gasteiger partial charge in [0.2, 0.25) is 5.91 Å². The van der Waals surface area contributed by atoms with Gasteiger partial charge in [-0.3, -0.25) is 9.69 Å². The average Bonchev–Trinajstić information content (AvgIpc) is 2.55. The Morgan fingerprint density at radius 3 is 2.25 bits per heavy atom. The zero-order valence-corrected chi connectivity index (χ0v) is 13.3. The van der Waals surface area contributed by atoms with Gasteiger partial charge in [-0.2, -0.15) is 0 Å². The van der Waals surface area contributed by atoms with Crippen LogP contribution in [-0.4, -0.2) is 61.8 Å². The van der Waals surface area contributed by atoms with Gasteiger partial charge in [-0.05, 0) is 25.9 Å². The van der Waals surface area contributed by atoms with E-state index in [1.807, 2.05) is 0 Å². The summed E-state index contributed by atoms with van der Waals surface area (Å²) in [5.74, 6) is -0.186. The summed E-state index contributed by atoms with van der Waals surface area (Å²) >= 11 is 5.99. The summed E-state index contributed by atoms with van der Waals surface area (Å²) in [5, 5.41) is 2.27. The molecule has 116 valence electrons. The maximum Gasteiger partial charge on any atom is 0.234 e. The molecule has 0 aromatic carbocycles. The van der Waals surface area contributed by atoms with Crippen molar-refractivity contribution in [2.24, 2.45) is 0 Å². The molecule has 0 aliphatic carbocycles. The van der Waals surface area contributed by atoms with Gasteiger partial charge >= 0.3 is 0 Å². The minimum atomic E-state index is -3.09. The predicted octanol–water partition coefficient (Wildman–Crippen LogP) is 0.773. The third-order valence-corrected chi connectivity index (χ3v) is 6.32. The third kappa shape index (κ3) is 4.90. The van der Waals surface area contributed by atoms with E-state index < -0.39 is 21.3 Å². The van der Waals surface area contributed by atoms with Crippen molar-refractivity contribution in [3.05, 3.63) is 0 Å². The van der Waals surface area contributed by atoms with Gasteiger partial charge in [-0.15, -0.1) is 11.6 Å². The van der Waals surface area contributed by atoms with Gasteiger partial charge in [-0.25, -0.2) is 8.42 Å². The van der Waals surface area contributed by atoms with Gasteiger partial charge in [0.15, 0.2) is 9.84 Å². The second kappa shape index (κ2) is 7.09. The SMILES string of the molecule is O=C(CN1CCCCCCC1)N[C@@H]1CS(=O)(=O)C[C@@H]1Cl. The fourth-order valence-electron chi connectivity index (χ4n) is 2.86. The molecule has 0 bridgehead atoms. The van der Waals surface area contributed by atoms with Crippen LogP contribution in [-0.2, 0) is 14.6 Å². The topological polar surface area (TPSA) is 66.5 Å². The van der Waals surface area contributed by atoms with Crippen LogP contribution in [0, 0.1) is 0 Å². The monoisotopic (exact) mass is 322 g/mol. The molecular formula is C13H23ClN2O3S. The molecule has 2 aliphatic heterocycles. The Morgan fingerprint density at radius 2 is 1.70 bits per heavy atom. The van der Waals surface area contributed by atoms with E-state index >= 15 is 0 Å². The third-order valence-electron chi connectivity index (χ3n) is 3.95. The Morgan fingerprint density at radius 1 is 1.10 bits per heavy atom. The van der Waals surface area contributed by atoms with Crippen LogP contribution in [0.1, 0.15) is 32.1 Å². The minimum absolute atomic E-state index is 0.0348. The number of carbonyl (C=O) groups is 1. The Bertz CT molecular complexity index is 433. The second-order valence-corrected chi connectivity index (χ2v) is 8.53. The molecule has 2 atom stereocenters. The highest BCUT2D eigenvalue weighted by Gasteiger charge is 2.37. The molecule has 0 aromatic rings. The van der Waals surface area contributed by atoms with E-state index in [4.69, 9.17) is 11.6 Å². The molecule has 0 spiro atoms.